The van der Waals surface area contributed by atoms with E-state index < -0.39 is 0 Å². The number of carbonyl (C=O) groups is 1. The maximum Gasteiger partial charge on any atom is 0.276 e. The number of aromatic amines is 1. The van der Waals surface area contributed by atoms with Crippen LogP contribution in [0.25, 0.3) is 21.8 Å². The zero-order valence-corrected chi connectivity index (χ0v) is 12.6. The number of hydrogen-bond acceptors (Lipinski definition) is 4. The second kappa shape index (κ2) is 5.12. The number of nitrogens with one attached hydrogen (secondary N) is 2. The third-order valence-corrected chi connectivity index (χ3v) is 4.04. The van der Waals surface area contributed by atoms with Crippen molar-refractivity contribution in [2.45, 2.75) is 25.4 Å². The Kier molecular flexibility index (Phi) is 3.07. The molecule has 3 aromatic rings. The molecule has 4 rings (SSSR count). The number of carbonyl (C=O) groups excluding carboxylic acids is 1. The monoisotopic (exact) mass is 312 g/mol. The highest BCUT2D eigenvalue weighted by atomic mass is 16.5. The van der Waals surface area contributed by atoms with Crippen molar-refractivity contribution in [1.29, 1.82) is 0 Å². The molecule has 118 valence electrons. The van der Waals surface area contributed by atoms with Crippen molar-refractivity contribution in [3.05, 3.63) is 34.7 Å². The van der Waals surface area contributed by atoms with Gasteiger partial charge in [-0.2, -0.15) is 0 Å². The quantitative estimate of drug-likeness (QED) is 0.756. The van der Waals surface area contributed by atoms with E-state index in [4.69, 9.17) is 4.74 Å². The first-order valence-corrected chi connectivity index (χ1v) is 7.50. The standard InChI is InChI=1S/C16H16N4O3/c1-23-10-4-5-13-11(6-10)15-12(7-17-13)16(22)20(19-15)8-14(21)18-9-2-3-9/h4-7,9,19H,2-3,8H2,1H3,(H,18,21). The van der Waals surface area contributed by atoms with E-state index in [9.17, 15) is 9.59 Å². The number of pyridine rings is 1. The minimum absolute atomic E-state index is 0.0184. The third-order valence-electron chi connectivity index (χ3n) is 4.04. The van der Waals surface area contributed by atoms with Gasteiger partial charge in [0.25, 0.3) is 5.56 Å². The van der Waals surface area contributed by atoms with Crippen LogP contribution < -0.4 is 15.6 Å². The Labute approximate surface area is 131 Å². The van der Waals surface area contributed by atoms with Crippen LogP contribution >= 0.6 is 0 Å². The Morgan fingerprint density at radius 2 is 2.26 bits per heavy atom. The van der Waals surface area contributed by atoms with E-state index in [0.29, 0.717) is 16.7 Å². The summed E-state index contributed by atoms with van der Waals surface area (Å²) in [6.07, 6.45) is 3.57. The zero-order valence-electron chi connectivity index (χ0n) is 12.6. The summed E-state index contributed by atoms with van der Waals surface area (Å²) < 4.78 is 6.56. The summed E-state index contributed by atoms with van der Waals surface area (Å²) in [6, 6.07) is 5.76. The van der Waals surface area contributed by atoms with Crippen molar-refractivity contribution >= 4 is 27.7 Å². The first-order chi connectivity index (χ1) is 11.2. The molecule has 1 saturated carbocycles. The van der Waals surface area contributed by atoms with E-state index in [1.165, 1.54) is 10.9 Å². The van der Waals surface area contributed by atoms with Gasteiger partial charge in [0.05, 0.1) is 23.5 Å². The second-order valence-electron chi connectivity index (χ2n) is 5.77. The molecule has 23 heavy (non-hydrogen) atoms. The summed E-state index contributed by atoms with van der Waals surface area (Å²) in [5, 5.41) is 7.16. The molecule has 0 spiro atoms. The van der Waals surface area contributed by atoms with Crippen molar-refractivity contribution in [1.82, 2.24) is 20.1 Å². The molecule has 1 fully saturated rings. The maximum absolute atomic E-state index is 12.4. The van der Waals surface area contributed by atoms with Crippen molar-refractivity contribution in [3.63, 3.8) is 0 Å². The molecule has 7 heteroatoms. The largest absolute Gasteiger partial charge is 0.497 e. The number of aromatic nitrogens is 3. The predicted octanol–water partition coefficient (Wildman–Crippen LogP) is 1.17. The molecule has 2 heterocycles. The minimum atomic E-state index is -0.247. The summed E-state index contributed by atoms with van der Waals surface area (Å²) in [4.78, 5) is 28.7. The normalized spacial score (nSPS) is 14.3. The molecule has 1 amide bonds. The molecule has 0 bridgehead atoms. The smallest absolute Gasteiger partial charge is 0.276 e. The average Bonchev–Trinajstić information content (AvgIpc) is 3.31. The van der Waals surface area contributed by atoms with Gasteiger partial charge >= 0.3 is 0 Å². The van der Waals surface area contributed by atoms with Crippen LogP contribution in [0.1, 0.15) is 12.8 Å². The van der Waals surface area contributed by atoms with Gasteiger partial charge < -0.3 is 10.1 Å². The summed E-state index contributed by atoms with van der Waals surface area (Å²) in [5.74, 6) is 0.530. The van der Waals surface area contributed by atoms with Crippen molar-refractivity contribution in [2.75, 3.05) is 7.11 Å². The van der Waals surface area contributed by atoms with Crippen LogP contribution in [0.4, 0.5) is 0 Å². The Bertz CT molecular complexity index is 969. The molecule has 0 atom stereocenters. The van der Waals surface area contributed by atoms with Crippen molar-refractivity contribution < 1.29 is 9.53 Å². The Hall–Kier alpha value is -2.83. The van der Waals surface area contributed by atoms with Crippen LogP contribution in [0.5, 0.6) is 5.75 Å². The highest BCUT2D eigenvalue weighted by Gasteiger charge is 2.23. The van der Waals surface area contributed by atoms with Gasteiger partial charge in [-0.3, -0.25) is 19.7 Å². The minimum Gasteiger partial charge on any atom is -0.497 e. The second-order valence-corrected chi connectivity index (χ2v) is 5.77. The van der Waals surface area contributed by atoms with Crippen molar-refractivity contribution in [3.8, 4) is 5.75 Å². The summed E-state index contributed by atoms with van der Waals surface area (Å²) >= 11 is 0. The van der Waals surface area contributed by atoms with Gasteiger partial charge in [0, 0.05) is 17.6 Å². The molecule has 0 saturated heterocycles. The SMILES string of the molecule is COc1ccc2ncc3c(=O)n(CC(=O)NC4CC4)[nH]c3c2c1. The maximum atomic E-state index is 12.4. The fourth-order valence-corrected chi connectivity index (χ4v) is 2.67. The van der Waals surface area contributed by atoms with E-state index in [2.05, 4.69) is 15.4 Å². The van der Waals surface area contributed by atoms with Gasteiger partial charge in [0.1, 0.15) is 12.3 Å². The molecule has 7 nitrogen and oxygen atoms in total. The molecule has 0 unspecified atom stereocenters. The number of ether oxygens (including phenoxy) is 1. The fraction of sp³-hybridized carbons (Fsp3) is 0.312. The Morgan fingerprint density at radius 1 is 1.43 bits per heavy atom. The van der Waals surface area contributed by atoms with Gasteiger partial charge in [-0.15, -0.1) is 0 Å². The van der Waals surface area contributed by atoms with E-state index in [-0.39, 0.29) is 24.1 Å². The van der Waals surface area contributed by atoms with Crippen LogP contribution in [-0.2, 0) is 11.3 Å². The summed E-state index contributed by atoms with van der Waals surface area (Å²) in [7, 11) is 1.59. The van der Waals surface area contributed by atoms with E-state index in [0.717, 1.165) is 23.7 Å². The van der Waals surface area contributed by atoms with Crippen LogP contribution in [0.3, 0.4) is 0 Å². The lowest BCUT2D eigenvalue weighted by molar-refractivity contribution is -0.122. The Balaban J connectivity index is 1.80. The molecule has 0 aliphatic heterocycles. The molecule has 2 N–H and O–H groups in total. The van der Waals surface area contributed by atoms with Gasteiger partial charge in [-0.25, -0.2) is 4.68 Å². The molecule has 1 aromatic carbocycles. The number of nitrogens with zero attached hydrogens (tertiary/aromatic N) is 2. The van der Waals surface area contributed by atoms with Gasteiger partial charge in [-0.05, 0) is 31.0 Å². The van der Waals surface area contributed by atoms with E-state index in [1.807, 2.05) is 18.2 Å². The summed E-state index contributed by atoms with van der Waals surface area (Å²) in [5.41, 5.74) is 1.18. The van der Waals surface area contributed by atoms with Crippen LogP contribution in [0.2, 0.25) is 0 Å². The zero-order chi connectivity index (χ0) is 16.0. The molecule has 2 aromatic heterocycles. The number of rotatable bonds is 4. The fourth-order valence-electron chi connectivity index (χ4n) is 2.67. The van der Waals surface area contributed by atoms with Gasteiger partial charge in [0.2, 0.25) is 5.91 Å². The van der Waals surface area contributed by atoms with Crippen LogP contribution in [0.15, 0.2) is 29.2 Å². The number of hydrogen-bond donors (Lipinski definition) is 2. The lowest BCUT2D eigenvalue weighted by atomic mass is 10.1. The molecule has 0 radical (unpaired) electrons. The van der Waals surface area contributed by atoms with Crippen LogP contribution in [0, 0.1) is 0 Å². The topological polar surface area (TPSA) is 89.0 Å². The van der Waals surface area contributed by atoms with E-state index >= 15 is 0 Å². The number of methoxy groups -OCH3 is 1. The number of benzene rings is 1. The molecular weight excluding hydrogens is 296 g/mol. The van der Waals surface area contributed by atoms with Crippen molar-refractivity contribution in [2.24, 2.45) is 0 Å². The number of H-pyrrole nitrogens is 1. The highest BCUT2D eigenvalue weighted by Crippen LogP contribution is 2.24. The molecular formula is C16H16N4O3. The lowest BCUT2D eigenvalue weighted by Crippen LogP contribution is -2.32. The average molecular weight is 312 g/mol. The lowest BCUT2D eigenvalue weighted by Gasteiger charge is -2.03. The predicted molar refractivity (Wildman–Crippen MR) is 85.6 cm³/mol. The third kappa shape index (κ3) is 2.44. The first kappa shape index (κ1) is 13.8. The molecule has 1 aliphatic carbocycles. The molecule has 1 aliphatic rings. The van der Waals surface area contributed by atoms with Gasteiger partial charge in [-0.1, -0.05) is 0 Å². The van der Waals surface area contributed by atoms with Gasteiger partial charge in [0.15, 0.2) is 0 Å². The summed E-state index contributed by atoms with van der Waals surface area (Å²) in [6.45, 7) is -0.0184. The van der Waals surface area contributed by atoms with E-state index in [1.54, 1.807) is 7.11 Å². The highest BCUT2D eigenvalue weighted by molar-refractivity contribution is 6.03. The number of fused-ring (bicyclic) bond motifs is 3. The Morgan fingerprint density at radius 3 is 3.00 bits per heavy atom. The number of amides is 1. The van der Waals surface area contributed by atoms with Crippen LogP contribution in [-0.4, -0.2) is 33.8 Å². The first-order valence-electron chi connectivity index (χ1n) is 7.50.